The molecule has 6 heteroatoms. The first-order valence-electron chi connectivity index (χ1n) is 17.1. The van der Waals surface area contributed by atoms with E-state index in [2.05, 4.69) is 127 Å². The number of aryl methyl sites for hydroxylation is 3. The number of benzene rings is 3. The third kappa shape index (κ3) is 5.48. The first-order chi connectivity index (χ1) is 22.7. The van der Waals surface area contributed by atoms with Gasteiger partial charge in [0.2, 0.25) is 0 Å². The first kappa shape index (κ1) is 32.7. The first-order valence-corrected chi connectivity index (χ1v) is 20.6. The Morgan fingerprint density at radius 3 is 2.40 bits per heavy atom. The smallest absolute Gasteiger partial charge is 0.0795 e. The van der Waals surface area contributed by atoms with Crippen LogP contribution in [0.4, 0.5) is 0 Å². The van der Waals surface area contributed by atoms with E-state index in [1.165, 1.54) is 97.8 Å². The molecule has 1 aliphatic rings. The van der Waals surface area contributed by atoms with Crippen LogP contribution in [0.3, 0.4) is 0 Å². The summed E-state index contributed by atoms with van der Waals surface area (Å²) in [6.07, 6.45) is 14.3. The summed E-state index contributed by atoms with van der Waals surface area (Å²) in [7, 11) is -1.24. The van der Waals surface area contributed by atoms with E-state index in [1.807, 2.05) is 18.5 Å². The minimum absolute atomic E-state index is 0. The molecule has 0 spiro atoms. The average Bonchev–Trinajstić information content (AvgIpc) is 3.78. The van der Waals surface area contributed by atoms with E-state index < -0.39 is 8.07 Å². The molecular weight excluding hydrogens is 781 g/mol. The predicted octanol–water partition coefficient (Wildman–Crippen LogP) is 10.0. The monoisotopic (exact) mass is 823 g/mol. The summed E-state index contributed by atoms with van der Waals surface area (Å²) >= 11 is 0. The van der Waals surface area contributed by atoms with E-state index in [-0.39, 0.29) is 20.1 Å². The van der Waals surface area contributed by atoms with Crippen LogP contribution in [0.2, 0.25) is 19.6 Å². The summed E-state index contributed by atoms with van der Waals surface area (Å²) in [5.74, 6) is 0.818. The quantitative estimate of drug-likeness (QED) is 0.131. The zero-order valence-corrected chi connectivity index (χ0v) is 32.1. The van der Waals surface area contributed by atoms with Crippen molar-refractivity contribution in [3.8, 4) is 11.3 Å². The maximum absolute atomic E-state index is 4.84. The van der Waals surface area contributed by atoms with Crippen LogP contribution in [0.1, 0.15) is 47.9 Å². The Morgan fingerprint density at radius 2 is 1.69 bits per heavy atom. The molecule has 245 valence electrons. The normalized spacial score (nSPS) is 14.0. The second-order valence-electron chi connectivity index (χ2n) is 14.7. The van der Waals surface area contributed by atoms with E-state index in [0.29, 0.717) is 0 Å². The largest absolute Gasteiger partial charge is 0.414 e. The number of fused-ring (bicyclic) bond motifs is 6. The van der Waals surface area contributed by atoms with Crippen molar-refractivity contribution < 1.29 is 20.1 Å². The van der Waals surface area contributed by atoms with Crippen molar-refractivity contribution >= 4 is 57.1 Å². The zero-order valence-electron chi connectivity index (χ0n) is 28.7. The molecular formula is C42H42IrN4Si-2. The molecule has 0 N–H and O–H groups in total. The Hall–Kier alpha value is -3.83. The van der Waals surface area contributed by atoms with Crippen LogP contribution in [0, 0.1) is 39.0 Å². The molecule has 3 aromatic carbocycles. The molecule has 9 rings (SSSR count). The van der Waals surface area contributed by atoms with Crippen molar-refractivity contribution in [1.82, 2.24) is 18.8 Å². The molecule has 48 heavy (non-hydrogen) atoms. The Kier molecular flexibility index (Phi) is 8.56. The van der Waals surface area contributed by atoms with E-state index in [1.54, 1.807) is 0 Å². The zero-order chi connectivity index (χ0) is 32.4. The summed E-state index contributed by atoms with van der Waals surface area (Å²) in [6.45, 7) is 13.4. The second-order valence-corrected chi connectivity index (χ2v) is 19.8. The summed E-state index contributed by atoms with van der Waals surface area (Å²) in [4.78, 5) is 9.39. The molecule has 0 atom stereocenters. The molecule has 0 unspecified atom stereocenters. The Balaban J connectivity index is 0.000000174. The molecule has 8 aromatic rings. The van der Waals surface area contributed by atoms with Gasteiger partial charge < -0.3 is 13.8 Å². The van der Waals surface area contributed by atoms with Gasteiger partial charge in [-0.25, -0.2) is 0 Å². The molecule has 5 heterocycles. The third-order valence-electron chi connectivity index (χ3n) is 10.4. The van der Waals surface area contributed by atoms with Gasteiger partial charge in [-0.1, -0.05) is 109 Å². The topological polar surface area (TPSA) is 34.6 Å². The van der Waals surface area contributed by atoms with Crippen LogP contribution < -0.4 is 5.19 Å². The van der Waals surface area contributed by atoms with E-state index in [4.69, 9.17) is 4.98 Å². The van der Waals surface area contributed by atoms with E-state index in [9.17, 15) is 0 Å². The molecule has 1 aliphatic carbocycles. The molecule has 1 saturated carbocycles. The van der Waals surface area contributed by atoms with Gasteiger partial charge in [0.1, 0.15) is 0 Å². The molecule has 1 radical (unpaired) electrons. The van der Waals surface area contributed by atoms with Crippen molar-refractivity contribution in [3.05, 3.63) is 114 Å². The number of para-hydroxylation sites is 1. The second kappa shape index (κ2) is 12.6. The molecule has 0 amide bonds. The third-order valence-corrected chi connectivity index (χ3v) is 12.4. The van der Waals surface area contributed by atoms with Gasteiger partial charge in [0.15, 0.2) is 0 Å². The number of pyridine rings is 2. The van der Waals surface area contributed by atoms with Gasteiger partial charge in [0.25, 0.3) is 0 Å². The fraction of sp³-hybridized carbons (Fsp3) is 0.286. The Bertz CT molecular complexity index is 2390. The molecule has 0 aliphatic heterocycles. The summed E-state index contributed by atoms with van der Waals surface area (Å²) in [5.41, 5.74) is 12.1. The number of hydrogen-bond donors (Lipinski definition) is 0. The average molecular weight is 823 g/mol. The predicted molar refractivity (Wildman–Crippen MR) is 200 cm³/mol. The Labute approximate surface area is 297 Å². The van der Waals surface area contributed by atoms with Crippen LogP contribution in [0.25, 0.3) is 55.1 Å². The van der Waals surface area contributed by atoms with Crippen molar-refractivity contribution in [3.63, 3.8) is 0 Å². The van der Waals surface area contributed by atoms with Gasteiger partial charge in [-0.15, -0.1) is 46.5 Å². The van der Waals surface area contributed by atoms with Gasteiger partial charge >= 0.3 is 0 Å². The van der Waals surface area contributed by atoms with Crippen LogP contribution in [0.15, 0.2) is 79.1 Å². The minimum Gasteiger partial charge on any atom is -0.414 e. The molecule has 4 nitrogen and oxygen atoms in total. The molecule has 0 bridgehead atoms. The minimum atomic E-state index is -1.24. The van der Waals surface area contributed by atoms with Crippen molar-refractivity contribution in [2.75, 3.05) is 0 Å². The van der Waals surface area contributed by atoms with Crippen LogP contribution >= 0.6 is 0 Å². The van der Waals surface area contributed by atoms with Crippen molar-refractivity contribution in [1.29, 1.82) is 0 Å². The van der Waals surface area contributed by atoms with Gasteiger partial charge in [-0.3, -0.25) is 4.98 Å². The maximum atomic E-state index is 4.84. The number of hydrogen-bond acceptors (Lipinski definition) is 2. The Morgan fingerprint density at radius 1 is 0.896 bits per heavy atom. The fourth-order valence-corrected chi connectivity index (χ4v) is 8.72. The summed E-state index contributed by atoms with van der Waals surface area (Å²) < 4.78 is 4.67. The van der Waals surface area contributed by atoms with Crippen LogP contribution in [0.5, 0.6) is 0 Å². The summed E-state index contributed by atoms with van der Waals surface area (Å²) in [6, 6.07) is 27.3. The van der Waals surface area contributed by atoms with Crippen molar-refractivity contribution in [2.24, 2.45) is 5.92 Å². The van der Waals surface area contributed by atoms with Gasteiger partial charge in [0, 0.05) is 65.3 Å². The molecule has 1 fully saturated rings. The molecule has 0 saturated heterocycles. The standard InChI is InChI=1S/C27H24N3.C15H18NSi.Ir/c1-16-15-29-26-24-19(11-12-28-26)14-20(13-18-7-3-4-8-18)23-21-9-5-6-10-22(21)30(25(23)24)27(29)17(16)2;1-12-5-7-13(8-6-12)15-10-9-14(11-16-15)17(2,3)4;/h5-6,9-12,14,18H,3-4,7-8,13H2,1-2H3;5-7,9-11H,1-4H3;/q2*-1;. The van der Waals surface area contributed by atoms with Crippen LogP contribution in [-0.4, -0.2) is 26.8 Å². The number of rotatable bonds is 4. The van der Waals surface area contributed by atoms with Crippen LogP contribution in [-0.2, 0) is 26.5 Å². The van der Waals surface area contributed by atoms with Crippen molar-refractivity contribution in [2.45, 2.75) is 72.5 Å². The van der Waals surface area contributed by atoms with Gasteiger partial charge in [0.05, 0.1) is 13.7 Å². The number of aromatic nitrogens is 4. The fourth-order valence-electron chi connectivity index (χ4n) is 7.69. The molecule has 5 aromatic heterocycles. The summed E-state index contributed by atoms with van der Waals surface area (Å²) in [5, 5.41) is 6.76. The van der Waals surface area contributed by atoms with Gasteiger partial charge in [-0.2, -0.15) is 0 Å². The maximum Gasteiger partial charge on any atom is 0.0795 e. The van der Waals surface area contributed by atoms with Gasteiger partial charge in [-0.05, 0) is 46.3 Å². The van der Waals surface area contributed by atoms with E-state index in [0.717, 1.165) is 22.8 Å². The number of nitrogens with zero attached hydrogens (tertiary/aromatic N) is 4. The SMILES string of the molecule is Cc1[c-]n2c3nccc4cc(CC5CCCC5)c5c6ccccc6n(c5c43)c2c1C.Cc1c[c-]c(-c2ccc([Si](C)(C)C)cn2)cc1.[Ir]. The van der Waals surface area contributed by atoms with E-state index >= 15 is 0 Å².